The van der Waals surface area contributed by atoms with Crippen molar-refractivity contribution < 1.29 is 29.4 Å². The summed E-state index contributed by atoms with van der Waals surface area (Å²) in [6, 6.07) is -1.27. The number of nitrogens with zero attached hydrogens (tertiary/aromatic N) is 6. The Labute approximate surface area is 246 Å². The van der Waals surface area contributed by atoms with Crippen molar-refractivity contribution >= 4 is 35.5 Å². The molecule has 0 spiro atoms. The van der Waals surface area contributed by atoms with Crippen molar-refractivity contribution in [2.24, 2.45) is 23.2 Å². The van der Waals surface area contributed by atoms with Gasteiger partial charge in [-0.2, -0.15) is 0 Å². The zero-order valence-electron chi connectivity index (χ0n) is 23.6. The van der Waals surface area contributed by atoms with Gasteiger partial charge in [0.25, 0.3) is 0 Å². The largest absolute Gasteiger partial charge is 0.477 e. The van der Waals surface area contributed by atoms with Gasteiger partial charge >= 0.3 is 5.97 Å². The topological polar surface area (TPSA) is 195 Å². The van der Waals surface area contributed by atoms with Gasteiger partial charge in [-0.15, -0.1) is 16.9 Å². The van der Waals surface area contributed by atoms with Crippen LogP contribution in [0.3, 0.4) is 0 Å². The molecule has 15 nitrogen and oxygen atoms in total. The summed E-state index contributed by atoms with van der Waals surface area (Å²) in [5.41, 5.74) is -0.288. The normalized spacial score (nSPS) is 34.7. The molecule has 4 saturated heterocycles. The van der Waals surface area contributed by atoms with Gasteiger partial charge in [0.15, 0.2) is 0 Å². The van der Waals surface area contributed by atoms with Crippen molar-refractivity contribution in [2.75, 3.05) is 39.3 Å². The lowest BCUT2D eigenvalue weighted by atomic mass is 9.74. The van der Waals surface area contributed by atoms with Crippen molar-refractivity contribution in [1.82, 2.24) is 46.0 Å². The van der Waals surface area contributed by atoms with Crippen LogP contribution in [-0.4, -0.2) is 127 Å². The first-order valence-corrected chi connectivity index (χ1v) is 15.3. The van der Waals surface area contributed by atoms with Crippen molar-refractivity contribution in [3.05, 3.63) is 16.9 Å². The second-order valence-corrected chi connectivity index (χ2v) is 13.6. The average molecular weight is 604 g/mol. The van der Waals surface area contributed by atoms with E-state index < -0.39 is 17.9 Å². The number of carboxylic acids is 1. The van der Waals surface area contributed by atoms with Crippen molar-refractivity contribution in [3.63, 3.8) is 0 Å². The number of likely N-dealkylation sites (tertiary alicyclic amines) is 1. The summed E-state index contributed by atoms with van der Waals surface area (Å²) in [6.07, 6.45) is 2.73. The van der Waals surface area contributed by atoms with E-state index in [0.717, 1.165) is 13.0 Å². The van der Waals surface area contributed by atoms with Crippen LogP contribution in [0.2, 0.25) is 0 Å². The molecule has 5 aliphatic rings. The maximum absolute atomic E-state index is 13.5. The molecular formula is C26H37N9O6S. The summed E-state index contributed by atoms with van der Waals surface area (Å²) in [6.45, 7) is 6.94. The van der Waals surface area contributed by atoms with E-state index in [1.807, 2.05) is 11.8 Å². The number of carboxylic acid groups (broad SMARTS) is 1. The number of carbonyl (C=O) groups excluding carboxylic acids is 3. The highest BCUT2D eigenvalue weighted by Crippen LogP contribution is 2.52. The number of aliphatic carboxylic acids is 1. The van der Waals surface area contributed by atoms with E-state index in [-0.39, 0.29) is 65.2 Å². The van der Waals surface area contributed by atoms with Crippen LogP contribution >= 0.6 is 11.8 Å². The highest BCUT2D eigenvalue weighted by molar-refractivity contribution is 8.03. The number of piperidine rings is 1. The molecule has 16 heteroatoms. The van der Waals surface area contributed by atoms with E-state index in [2.05, 4.69) is 31.5 Å². The molecule has 0 aliphatic carbocycles. The SMILES string of the molecule is C[C@@H](NC(=O)Cn1cnnn1)[C@H]1C(=O)N2C(C(=O)O)=C(S[C@@H]3CN[C@H](C(=O)N4CCC5CNCC5(CO)C4)C3)[C@H](C)[C@H]12. The van der Waals surface area contributed by atoms with Gasteiger partial charge in [0.05, 0.1) is 24.6 Å². The predicted octanol–water partition coefficient (Wildman–Crippen LogP) is -2.16. The number of rotatable bonds is 9. The second kappa shape index (κ2) is 11.2. The highest BCUT2D eigenvalue weighted by atomic mass is 32.2. The van der Waals surface area contributed by atoms with Crippen LogP contribution in [0.1, 0.15) is 26.7 Å². The number of aliphatic hydroxyl groups is 1. The van der Waals surface area contributed by atoms with Crippen molar-refractivity contribution in [1.29, 1.82) is 0 Å². The molecular weight excluding hydrogens is 566 g/mol. The second-order valence-electron chi connectivity index (χ2n) is 12.2. The monoisotopic (exact) mass is 603 g/mol. The zero-order chi connectivity index (χ0) is 29.8. The minimum absolute atomic E-state index is 0.00133. The molecule has 6 heterocycles. The van der Waals surface area contributed by atoms with Gasteiger partial charge in [0.2, 0.25) is 17.7 Å². The van der Waals surface area contributed by atoms with Gasteiger partial charge in [-0.05, 0) is 42.7 Å². The molecule has 1 aromatic heterocycles. The molecule has 0 radical (unpaired) electrons. The van der Waals surface area contributed by atoms with Crippen LogP contribution in [0.15, 0.2) is 16.9 Å². The highest BCUT2D eigenvalue weighted by Gasteiger charge is 2.60. The number of nitrogens with one attached hydrogen (secondary N) is 3. The van der Waals surface area contributed by atoms with Crippen LogP contribution < -0.4 is 16.0 Å². The fraction of sp³-hybridized carbons (Fsp3) is 0.731. The number of hydrogen-bond donors (Lipinski definition) is 5. The Hall–Kier alpha value is -3.08. The number of aromatic nitrogens is 4. The predicted molar refractivity (Wildman–Crippen MR) is 148 cm³/mol. The molecule has 2 unspecified atom stereocenters. The standard InChI is InChI=1S/C26H37N9O6S/c1-13-20-19(14(2)30-18(37)8-34-12-29-31-32-34)24(39)35(20)21(25(40)41)22(13)42-16-5-17(28-7-16)23(38)33-4-3-15-6-27-9-26(15,10-33)11-36/h12-17,19-20,27-28,36H,3-11H2,1-2H3,(H,30,37)(H,40,41)/t13-,14-,15?,16+,17+,19-,20-,26?/m1/s1. The number of aliphatic hydroxyl groups excluding tert-OH is 1. The van der Waals surface area contributed by atoms with Crippen LogP contribution in [-0.2, 0) is 25.7 Å². The summed E-state index contributed by atoms with van der Waals surface area (Å²) >= 11 is 1.44. The third-order valence-corrected chi connectivity index (χ3v) is 11.2. The lowest BCUT2D eigenvalue weighted by Crippen LogP contribution is -2.66. The Morgan fingerprint density at radius 2 is 2.12 bits per heavy atom. The van der Waals surface area contributed by atoms with Gasteiger partial charge in [0, 0.05) is 53.7 Å². The van der Waals surface area contributed by atoms with Crippen LogP contribution in [0.4, 0.5) is 0 Å². The van der Waals surface area contributed by atoms with Gasteiger partial charge in [-0.25, -0.2) is 9.48 Å². The molecule has 6 rings (SSSR count). The molecule has 0 saturated carbocycles. The minimum atomic E-state index is -1.16. The number of amides is 3. The summed E-state index contributed by atoms with van der Waals surface area (Å²) in [5, 5.41) is 40.4. The first kappa shape index (κ1) is 29.0. The number of tetrazole rings is 1. The Kier molecular flexibility index (Phi) is 7.74. The van der Waals surface area contributed by atoms with Crippen LogP contribution in [0.25, 0.3) is 0 Å². The minimum Gasteiger partial charge on any atom is -0.477 e. The smallest absolute Gasteiger partial charge is 0.353 e. The van der Waals surface area contributed by atoms with E-state index in [0.29, 0.717) is 43.4 Å². The first-order chi connectivity index (χ1) is 20.1. The number of fused-ring (bicyclic) bond motifs is 2. The molecule has 4 fully saturated rings. The molecule has 0 bridgehead atoms. The molecule has 3 amide bonds. The summed E-state index contributed by atoms with van der Waals surface area (Å²) in [4.78, 5) is 55.4. The third-order valence-electron chi connectivity index (χ3n) is 9.71. The first-order valence-electron chi connectivity index (χ1n) is 14.4. The molecule has 5 aliphatic heterocycles. The quantitative estimate of drug-likeness (QED) is 0.192. The fourth-order valence-corrected chi connectivity index (χ4v) is 8.99. The number of hydrogen-bond acceptors (Lipinski definition) is 11. The Morgan fingerprint density at radius 1 is 1.31 bits per heavy atom. The molecule has 8 atom stereocenters. The van der Waals surface area contributed by atoms with E-state index in [4.69, 9.17) is 0 Å². The molecule has 228 valence electrons. The fourth-order valence-electron chi connectivity index (χ4n) is 7.51. The van der Waals surface area contributed by atoms with E-state index in [1.165, 1.54) is 27.7 Å². The average Bonchev–Trinajstić information content (AvgIpc) is 3.75. The lowest BCUT2D eigenvalue weighted by Gasteiger charge is -2.47. The summed E-state index contributed by atoms with van der Waals surface area (Å²) < 4.78 is 1.28. The maximum atomic E-state index is 13.5. The maximum Gasteiger partial charge on any atom is 0.353 e. The Morgan fingerprint density at radius 3 is 2.83 bits per heavy atom. The Balaban J connectivity index is 1.09. The van der Waals surface area contributed by atoms with Gasteiger partial charge in [-0.1, -0.05) is 6.92 Å². The van der Waals surface area contributed by atoms with Gasteiger partial charge in [0.1, 0.15) is 18.6 Å². The zero-order valence-corrected chi connectivity index (χ0v) is 24.4. The van der Waals surface area contributed by atoms with Crippen molar-refractivity contribution in [2.45, 2.75) is 56.6 Å². The molecule has 1 aromatic rings. The number of β-lactam (4-membered cyclic amide) rings is 1. The van der Waals surface area contributed by atoms with E-state index >= 15 is 0 Å². The third kappa shape index (κ3) is 4.87. The number of thioether (sulfide) groups is 1. The number of carbonyl (C=O) groups is 4. The van der Waals surface area contributed by atoms with E-state index in [9.17, 15) is 29.4 Å². The van der Waals surface area contributed by atoms with Gasteiger partial charge in [-0.3, -0.25) is 14.4 Å². The summed E-state index contributed by atoms with van der Waals surface area (Å²) in [7, 11) is 0. The Bertz CT molecular complexity index is 1290. The van der Waals surface area contributed by atoms with Crippen LogP contribution in [0.5, 0.6) is 0 Å². The lowest BCUT2D eigenvalue weighted by molar-refractivity contribution is -0.158. The molecule has 0 aromatic carbocycles. The molecule has 42 heavy (non-hydrogen) atoms. The summed E-state index contributed by atoms with van der Waals surface area (Å²) in [5.74, 6) is -2.24. The van der Waals surface area contributed by atoms with Crippen LogP contribution in [0, 0.1) is 23.2 Å². The molecule has 5 N–H and O–H groups in total. The van der Waals surface area contributed by atoms with Crippen molar-refractivity contribution in [3.8, 4) is 0 Å². The van der Waals surface area contributed by atoms with Gasteiger partial charge < -0.3 is 36.0 Å². The van der Waals surface area contributed by atoms with E-state index in [1.54, 1.807) is 6.92 Å².